The predicted molar refractivity (Wildman–Crippen MR) is 107 cm³/mol. The van der Waals surface area contributed by atoms with E-state index >= 15 is 0 Å². The number of nitrogens with one attached hydrogen (secondary N) is 3. The Balaban J connectivity index is 0.00000261. The van der Waals surface area contributed by atoms with Gasteiger partial charge < -0.3 is 20.7 Å². The minimum Gasteiger partial charge on any atom is -0.376 e. The van der Waals surface area contributed by atoms with Crippen molar-refractivity contribution in [3.8, 4) is 0 Å². The molecule has 0 aliphatic carbocycles. The van der Waals surface area contributed by atoms with Crippen LogP contribution in [0.4, 0.5) is 0 Å². The zero-order valence-corrected chi connectivity index (χ0v) is 17.2. The van der Waals surface area contributed by atoms with Crippen molar-refractivity contribution in [3.05, 3.63) is 0 Å². The molecule has 0 radical (unpaired) electrons. The van der Waals surface area contributed by atoms with Crippen molar-refractivity contribution in [1.29, 1.82) is 0 Å². The number of hydrogen-bond donors (Lipinski definition) is 3. The molecule has 3 fully saturated rings. The lowest BCUT2D eigenvalue weighted by Gasteiger charge is -2.36. The Labute approximate surface area is 168 Å². The fourth-order valence-corrected chi connectivity index (χ4v) is 4.23. The summed E-state index contributed by atoms with van der Waals surface area (Å²) in [5.74, 6) is 0.629. The van der Waals surface area contributed by atoms with Gasteiger partial charge in [0.05, 0.1) is 18.2 Å². The first-order chi connectivity index (χ1) is 12.6. The fraction of sp³-hybridized carbons (Fsp3) is 0.895. The molecule has 4 atom stereocenters. The van der Waals surface area contributed by atoms with Crippen LogP contribution in [0.25, 0.3) is 0 Å². The number of hydrogen-bond acceptors (Lipinski definition) is 5. The van der Waals surface area contributed by atoms with Crippen LogP contribution >= 0.6 is 12.4 Å². The third-order valence-electron chi connectivity index (χ3n) is 5.95. The van der Waals surface area contributed by atoms with E-state index in [9.17, 15) is 9.59 Å². The van der Waals surface area contributed by atoms with Gasteiger partial charge in [-0.15, -0.1) is 12.4 Å². The van der Waals surface area contributed by atoms with Gasteiger partial charge in [-0.05, 0) is 64.5 Å². The second-order valence-electron chi connectivity index (χ2n) is 7.95. The molecule has 3 N–H and O–H groups in total. The minimum absolute atomic E-state index is 0. The van der Waals surface area contributed by atoms with E-state index in [1.807, 2.05) is 6.92 Å². The molecule has 0 aromatic rings. The summed E-state index contributed by atoms with van der Waals surface area (Å²) in [6, 6.07) is -0.149. The second kappa shape index (κ2) is 11.2. The van der Waals surface area contributed by atoms with Gasteiger partial charge in [-0.25, -0.2) is 0 Å². The van der Waals surface area contributed by atoms with Crippen LogP contribution < -0.4 is 16.0 Å². The van der Waals surface area contributed by atoms with Crippen molar-refractivity contribution < 1.29 is 14.3 Å². The number of piperidine rings is 1. The smallest absolute Gasteiger partial charge is 0.237 e. The summed E-state index contributed by atoms with van der Waals surface area (Å²) in [6.45, 7) is 6.87. The molecule has 0 bridgehead atoms. The van der Waals surface area contributed by atoms with Crippen LogP contribution in [0.3, 0.4) is 0 Å². The van der Waals surface area contributed by atoms with Crippen molar-refractivity contribution in [2.24, 2.45) is 5.92 Å². The number of likely N-dealkylation sites (tertiary alicyclic amines) is 1. The number of rotatable bonds is 7. The van der Waals surface area contributed by atoms with Crippen LogP contribution in [-0.2, 0) is 14.3 Å². The highest BCUT2D eigenvalue weighted by Gasteiger charge is 2.29. The van der Waals surface area contributed by atoms with E-state index in [4.69, 9.17) is 4.74 Å². The Bertz CT molecular complexity index is 482. The minimum atomic E-state index is -0.133. The van der Waals surface area contributed by atoms with Crippen molar-refractivity contribution in [2.45, 2.75) is 63.6 Å². The van der Waals surface area contributed by atoms with Crippen LogP contribution in [0.5, 0.6) is 0 Å². The van der Waals surface area contributed by atoms with E-state index in [-0.39, 0.29) is 42.4 Å². The van der Waals surface area contributed by atoms with Gasteiger partial charge in [0.2, 0.25) is 11.8 Å². The van der Waals surface area contributed by atoms with Crippen LogP contribution in [0.2, 0.25) is 0 Å². The monoisotopic (exact) mass is 402 g/mol. The standard InChI is InChI=1S/C19H34N4O3.ClH/c1-14(18(24)22-12-16-6-4-10-26-16)23-9-3-5-15(13-23)11-21-19(25)17-7-2-8-20-17;/h14-17,20H,2-13H2,1H3,(H,21,25)(H,22,24);1H. The first-order valence-corrected chi connectivity index (χ1v) is 10.3. The molecule has 0 saturated carbocycles. The van der Waals surface area contributed by atoms with E-state index in [2.05, 4.69) is 20.9 Å². The average molecular weight is 403 g/mol. The number of carbonyl (C=O) groups is 2. The third kappa shape index (κ3) is 6.59. The number of nitrogens with zero attached hydrogens (tertiary/aromatic N) is 1. The maximum atomic E-state index is 12.5. The second-order valence-corrected chi connectivity index (χ2v) is 7.95. The molecule has 3 heterocycles. The van der Waals surface area contributed by atoms with Gasteiger partial charge in [-0.2, -0.15) is 0 Å². The maximum Gasteiger partial charge on any atom is 0.237 e. The molecule has 0 spiro atoms. The summed E-state index contributed by atoms with van der Waals surface area (Å²) in [5, 5.41) is 9.38. The van der Waals surface area contributed by atoms with Gasteiger partial charge >= 0.3 is 0 Å². The number of carbonyl (C=O) groups excluding carboxylic acids is 2. The normalized spacial score (nSPS) is 29.7. The maximum absolute atomic E-state index is 12.5. The van der Waals surface area contributed by atoms with Crippen LogP contribution in [0.1, 0.15) is 45.4 Å². The molecule has 7 nitrogen and oxygen atoms in total. The van der Waals surface area contributed by atoms with E-state index in [0.29, 0.717) is 19.0 Å². The van der Waals surface area contributed by atoms with Crippen LogP contribution in [0.15, 0.2) is 0 Å². The number of ether oxygens (including phenoxy) is 1. The first-order valence-electron chi connectivity index (χ1n) is 10.3. The quantitative estimate of drug-likeness (QED) is 0.583. The zero-order valence-electron chi connectivity index (χ0n) is 16.4. The van der Waals surface area contributed by atoms with Gasteiger partial charge in [0.25, 0.3) is 0 Å². The molecule has 3 aliphatic heterocycles. The van der Waals surface area contributed by atoms with Gasteiger partial charge in [-0.1, -0.05) is 0 Å². The lowest BCUT2D eigenvalue weighted by molar-refractivity contribution is -0.127. The predicted octanol–water partition coefficient (Wildman–Crippen LogP) is 0.672. The molecule has 8 heteroatoms. The fourth-order valence-electron chi connectivity index (χ4n) is 4.23. The highest BCUT2D eigenvalue weighted by atomic mass is 35.5. The van der Waals surface area contributed by atoms with Crippen molar-refractivity contribution in [2.75, 3.05) is 39.3 Å². The van der Waals surface area contributed by atoms with E-state index < -0.39 is 0 Å². The molecule has 3 saturated heterocycles. The Morgan fingerprint density at radius 3 is 2.70 bits per heavy atom. The van der Waals surface area contributed by atoms with Crippen LogP contribution in [0, 0.1) is 5.92 Å². The molecule has 3 rings (SSSR count). The lowest BCUT2D eigenvalue weighted by atomic mass is 9.96. The van der Waals surface area contributed by atoms with Crippen molar-refractivity contribution >= 4 is 24.2 Å². The number of halogens is 1. The van der Waals surface area contributed by atoms with Crippen molar-refractivity contribution in [3.63, 3.8) is 0 Å². The van der Waals surface area contributed by atoms with Gasteiger partial charge in [0, 0.05) is 26.2 Å². The molecule has 0 aromatic carbocycles. The van der Waals surface area contributed by atoms with E-state index in [1.54, 1.807) is 0 Å². The van der Waals surface area contributed by atoms with Gasteiger partial charge in [0.1, 0.15) is 0 Å². The summed E-state index contributed by atoms with van der Waals surface area (Å²) in [5.41, 5.74) is 0. The molecular weight excluding hydrogens is 368 g/mol. The largest absolute Gasteiger partial charge is 0.376 e. The van der Waals surface area contributed by atoms with Crippen LogP contribution in [-0.4, -0.2) is 74.2 Å². The summed E-state index contributed by atoms with van der Waals surface area (Å²) in [6.07, 6.45) is 6.50. The van der Waals surface area contributed by atoms with Gasteiger partial charge in [-0.3, -0.25) is 14.5 Å². The highest BCUT2D eigenvalue weighted by molar-refractivity contribution is 5.85. The van der Waals surface area contributed by atoms with E-state index in [0.717, 1.165) is 64.8 Å². The summed E-state index contributed by atoms with van der Waals surface area (Å²) >= 11 is 0. The average Bonchev–Trinajstić information content (AvgIpc) is 3.37. The van der Waals surface area contributed by atoms with Gasteiger partial charge in [0.15, 0.2) is 0 Å². The number of amides is 2. The molecule has 3 aliphatic rings. The summed E-state index contributed by atoms with van der Waals surface area (Å²) in [7, 11) is 0. The summed E-state index contributed by atoms with van der Waals surface area (Å²) in [4.78, 5) is 26.9. The Morgan fingerprint density at radius 2 is 2.00 bits per heavy atom. The zero-order chi connectivity index (χ0) is 18.4. The SMILES string of the molecule is CC(C(=O)NCC1CCCO1)N1CCCC(CNC(=O)C2CCCN2)C1.Cl. The Hall–Kier alpha value is -0.890. The highest BCUT2D eigenvalue weighted by Crippen LogP contribution is 2.18. The molecule has 0 aromatic heterocycles. The molecular formula is C19H35ClN4O3. The van der Waals surface area contributed by atoms with E-state index in [1.165, 1.54) is 0 Å². The lowest BCUT2D eigenvalue weighted by Crippen LogP contribution is -2.52. The molecule has 2 amide bonds. The third-order valence-corrected chi connectivity index (χ3v) is 5.95. The first kappa shape index (κ1) is 22.4. The molecule has 27 heavy (non-hydrogen) atoms. The molecule has 156 valence electrons. The topological polar surface area (TPSA) is 82.7 Å². The Morgan fingerprint density at radius 1 is 1.15 bits per heavy atom. The summed E-state index contributed by atoms with van der Waals surface area (Å²) < 4.78 is 5.57. The Kier molecular flexibility index (Phi) is 9.29. The van der Waals surface area contributed by atoms with Crippen molar-refractivity contribution in [1.82, 2.24) is 20.9 Å². The molecule has 4 unspecified atom stereocenters.